The average Bonchev–Trinajstić information content (AvgIpc) is 3.69. The summed E-state index contributed by atoms with van der Waals surface area (Å²) in [5, 5.41) is 9.25. The smallest absolute Gasteiger partial charge is 0.142 e. The third-order valence-corrected chi connectivity index (χ3v) is 11.9. The Labute approximate surface area is 492 Å². The molecule has 10 rings (SSSR count). The Hall–Kier alpha value is -6.79. The van der Waals surface area contributed by atoms with E-state index in [1.807, 2.05) is 97.1 Å². The maximum atomic E-state index is 9.87. The van der Waals surface area contributed by atoms with Gasteiger partial charge >= 0.3 is 33.0 Å². The number of rotatable bonds is 1. The van der Waals surface area contributed by atoms with Gasteiger partial charge in [-0.2, -0.15) is 0 Å². The van der Waals surface area contributed by atoms with E-state index in [0.717, 1.165) is 47.3 Å². The maximum Gasteiger partial charge on any atom is 0.142 e. The Morgan fingerprint density at radius 3 is 1.11 bits per heavy atom. The quantitative estimate of drug-likeness (QED) is 0.105. The van der Waals surface area contributed by atoms with Gasteiger partial charge in [0.15, 0.2) is 23.0 Å². The van der Waals surface area contributed by atoms with E-state index in [9.17, 15) is 25.2 Å². The molecule has 6 aromatic rings. The van der Waals surface area contributed by atoms with E-state index in [2.05, 4.69) is 58.4 Å². The molecule has 468 valence electrons. The van der Waals surface area contributed by atoms with Crippen molar-refractivity contribution in [1.29, 1.82) is 0 Å². The molecule has 0 aromatic heterocycles. The van der Waals surface area contributed by atoms with Gasteiger partial charge in [0.05, 0.1) is 111 Å². The van der Waals surface area contributed by atoms with Gasteiger partial charge in [0.2, 0.25) is 0 Å². The van der Waals surface area contributed by atoms with Gasteiger partial charge in [-0.1, -0.05) is 60.7 Å². The fourth-order valence-electron chi connectivity index (χ4n) is 7.95. The Balaban J connectivity index is 0.000000248. The molecule has 0 amide bonds. The van der Waals surface area contributed by atoms with Crippen molar-refractivity contribution in [3.63, 3.8) is 0 Å². The predicted molar refractivity (Wildman–Crippen MR) is 311 cm³/mol. The number of methoxy groups -OCH3 is 1. The van der Waals surface area contributed by atoms with E-state index in [1.54, 1.807) is 7.11 Å². The van der Waals surface area contributed by atoms with Gasteiger partial charge in [-0.3, -0.25) is 0 Å². The Morgan fingerprint density at radius 1 is 0.341 bits per heavy atom. The van der Waals surface area contributed by atoms with Crippen LogP contribution < -0.4 is 49.1 Å². The molecule has 0 aliphatic carbocycles. The standard InChI is InChI=1S/C33H43NO9.C28H34N2O5.F6P/c1-35-33-24-28-8-11-32(33)43-23-19-39-15-14-38-18-22-42-31-5-3-2-4-30(31)41-21-17-37-13-12-36-16-20-40-29-9-6-27(7-10-29)25-34-26-28;1-3-10-27-25(8-1)29-21-23-6-5-7-24(20-23)22-30-26-9-2-4-11-28(26)35-19-17-33-15-13-31-12-14-32-16-18-34-27;1-7(2,3,4,5)6/h2-11,24,34H,12-23,25-26H2,1H3;1-11,20,29-30H,12-19,21-22H2;/q;;-1/p+1. The number of benzene rings is 6. The van der Waals surface area contributed by atoms with Crippen molar-refractivity contribution in [2.45, 2.75) is 26.2 Å². The molecule has 6 aromatic carbocycles. The number of nitrogens with two attached hydrogens (primary N) is 1. The summed E-state index contributed by atoms with van der Waals surface area (Å²) in [7, 11) is -9.01. The molecule has 4 aliphatic rings. The normalized spacial score (nSPS) is 17.5. The van der Waals surface area contributed by atoms with Crippen molar-refractivity contribution in [1.82, 2.24) is 0 Å². The second-order valence-electron chi connectivity index (χ2n) is 18.6. The van der Waals surface area contributed by atoms with Crippen LogP contribution in [0.1, 0.15) is 22.3 Å². The summed E-state index contributed by atoms with van der Waals surface area (Å²) < 4.78 is 139. The van der Waals surface area contributed by atoms with Gasteiger partial charge in [0.25, 0.3) is 0 Å². The van der Waals surface area contributed by atoms with Crippen molar-refractivity contribution in [2.75, 3.05) is 150 Å². The first-order valence-electron chi connectivity index (χ1n) is 27.9. The molecule has 24 heteroatoms. The number of para-hydroxylation sites is 6. The minimum Gasteiger partial charge on any atom is -0.489 e. The minimum atomic E-state index is -10.7. The van der Waals surface area contributed by atoms with Crippen molar-refractivity contribution >= 4 is 19.2 Å². The summed E-state index contributed by atoms with van der Waals surface area (Å²) in [6.45, 7) is 12.6. The molecule has 0 spiro atoms. The third-order valence-electron chi connectivity index (χ3n) is 11.9. The number of quaternary nitrogens is 1. The van der Waals surface area contributed by atoms with Crippen molar-refractivity contribution in [3.8, 4) is 40.2 Å². The first-order valence-corrected chi connectivity index (χ1v) is 30.0. The zero-order chi connectivity index (χ0) is 60.2. The zero-order valence-corrected chi connectivity index (χ0v) is 48.7. The third kappa shape index (κ3) is 30.7. The average molecular weight is 1220 g/mol. The van der Waals surface area contributed by atoms with Crippen LogP contribution in [-0.4, -0.2) is 139 Å². The molecule has 17 nitrogen and oxygen atoms in total. The van der Waals surface area contributed by atoms with E-state index in [0.29, 0.717) is 168 Å². The molecular formula is C61H78F6N3O14P. The van der Waals surface area contributed by atoms with Gasteiger partial charge in [-0.05, 0) is 90.0 Å². The number of halogens is 6. The maximum absolute atomic E-state index is 10.7. The summed E-state index contributed by atoms with van der Waals surface area (Å²) in [6, 6.07) is 46.2. The largest absolute Gasteiger partial charge is 0.489 e. The fourth-order valence-corrected chi connectivity index (χ4v) is 7.95. The van der Waals surface area contributed by atoms with Gasteiger partial charge in [-0.25, -0.2) is 0 Å². The number of anilines is 2. The van der Waals surface area contributed by atoms with Crippen molar-refractivity contribution in [3.05, 3.63) is 162 Å². The van der Waals surface area contributed by atoms with Gasteiger partial charge in [0.1, 0.15) is 70.0 Å². The number of hydrogen-bond acceptors (Lipinski definition) is 16. The van der Waals surface area contributed by atoms with Crippen molar-refractivity contribution < 1.29 is 96.8 Å². The first-order chi connectivity index (χ1) is 41.1. The zero-order valence-electron chi connectivity index (χ0n) is 47.8. The number of hydrogen-bond donors (Lipinski definition) is 3. The molecule has 0 saturated carbocycles. The summed E-state index contributed by atoms with van der Waals surface area (Å²) in [5.41, 5.74) is 6.68. The Kier molecular flexibility index (Phi) is 28.7. The van der Waals surface area contributed by atoms with E-state index in [4.69, 9.17) is 66.3 Å². The first kappa shape index (κ1) is 67.3. The summed E-state index contributed by atoms with van der Waals surface area (Å²) in [4.78, 5) is 0. The van der Waals surface area contributed by atoms with Gasteiger partial charge in [0, 0.05) is 24.2 Å². The Bertz CT molecular complexity index is 2730. The van der Waals surface area contributed by atoms with Crippen LogP contribution in [0.4, 0.5) is 36.6 Å². The van der Waals surface area contributed by atoms with Crippen LogP contribution >= 0.6 is 7.81 Å². The topological polar surface area (TPSA) is 170 Å². The number of ether oxygens (including phenoxy) is 14. The van der Waals surface area contributed by atoms with Crippen LogP contribution in [0.15, 0.2) is 140 Å². The molecular weight excluding hydrogens is 1140 g/mol. The number of fused-ring (bicyclic) bond motifs is 6. The van der Waals surface area contributed by atoms with Crippen LogP contribution in [-0.2, 0) is 59.3 Å². The monoisotopic (exact) mass is 1220 g/mol. The molecule has 0 fully saturated rings. The molecule has 85 heavy (non-hydrogen) atoms. The fraction of sp³-hybridized carbons (Fsp3) is 0.410. The second kappa shape index (κ2) is 36.3. The molecule has 0 saturated heterocycles. The molecule has 4 heterocycles. The van der Waals surface area contributed by atoms with Crippen molar-refractivity contribution in [2.24, 2.45) is 0 Å². The van der Waals surface area contributed by atoms with Crippen LogP contribution in [0.25, 0.3) is 0 Å². The minimum absolute atomic E-state index is 0.403. The van der Waals surface area contributed by atoms with Crippen LogP contribution in [0.2, 0.25) is 0 Å². The molecule has 0 atom stereocenters. The molecule has 4 aliphatic heterocycles. The van der Waals surface area contributed by atoms with E-state index in [-0.39, 0.29) is 0 Å². The van der Waals surface area contributed by atoms with Gasteiger partial charge < -0.3 is 82.3 Å². The van der Waals surface area contributed by atoms with E-state index < -0.39 is 7.81 Å². The van der Waals surface area contributed by atoms with Crippen LogP contribution in [0.5, 0.6) is 40.2 Å². The van der Waals surface area contributed by atoms with Crippen LogP contribution in [0.3, 0.4) is 0 Å². The predicted octanol–water partition coefficient (Wildman–Crippen LogP) is 11.4. The van der Waals surface area contributed by atoms with E-state index >= 15 is 0 Å². The second-order valence-corrected chi connectivity index (χ2v) is 20.5. The van der Waals surface area contributed by atoms with Crippen LogP contribution in [0, 0.1) is 0 Å². The molecule has 0 unspecified atom stereocenters. The van der Waals surface area contributed by atoms with E-state index in [1.165, 1.54) is 16.7 Å². The SMILES string of the molecule is COc1cc2ccc1OCCOCCOCCOc1ccccc1OCCOCCOCCOc1ccc(cc1)C[NH2+]C2.F[P-](F)(F)(F)(F)F.c1cc2cc(c1)CNc1ccccc1OCCOCCOCCOCCOc1ccccc1NC2. The number of nitrogens with one attached hydrogen (secondary N) is 2. The Morgan fingerprint density at radius 2 is 0.682 bits per heavy atom. The molecule has 0 radical (unpaired) electrons. The summed E-state index contributed by atoms with van der Waals surface area (Å²) in [6.07, 6.45) is 0. The molecule has 6 bridgehead atoms. The summed E-state index contributed by atoms with van der Waals surface area (Å²) >= 11 is 0. The molecule has 4 N–H and O–H groups in total. The van der Waals surface area contributed by atoms with Gasteiger partial charge in [-0.15, -0.1) is 0 Å². The summed E-state index contributed by atoms with van der Waals surface area (Å²) in [5.74, 6) is 5.19.